The summed E-state index contributed by atoms with van der Waals surface area (Å²) >= 11 is 0. The van der Waals surface area contributed by atoms with E-state index in [2.05, 4.69) is 15.3 Å². The molecule has 1 aliphatic heterocycles. The number of hydrogen-bond donors (Lipinski definition) is 2. The Balaban J connectivity index is 2.87. The molecule has 0 atom stereocenters. The van der Waals surface area contributed by atoms with Gasteiger partial charge in [0.25, 0.3) is 0 Å². The van der Waals surface area contributed by atoms with Gasteiger partial charge in [-0.1, -0.05) is 19.9 Å². The Labute approximate surface area is 164 Å². The Morgan fingerprint density at radius 1 is 1.32 bits per heavy atom. The normalized spacial score (nSPS) is 17.5. The maximum Gasteiger partial charge on any atom is 0.421 e. The fourth-order valence-electron chi connectivity index (χ4n) is 2.80. The summed E-state index contributed by atoms with van der Waals surface area (Å²) in [6, 6.07) is 0. The Hall–Kier alpha value is -2.32. The van der Waals surface area contributed by atoms with Gasteiger partial charge in [0.15, 0.2) is 5.84 Å². The molecule has 1 fully saturated rings. The number of hydrogen-bond acceptors (Lipinski definition) is 3. The van der Waals surface area contributed by atoms with Crippen LogP contribution in [-0.4, -0.2) is 48.8 Å². The molecule has 0 aromatic heterocycles. The highest BCUT2D eigenvalue weighted by Crippen LogP contribution is 2.27. The number of amides is 1. The lowest BCUT2D eigenvalue weighted by atomic mass is 10.1. The van der Waals surface area contributed by atoms with E-state index in [-0.39, 0.29) is 12.5 Å². The quantitative estimate of drug-likeness (QED) is 0.352. The molecule has 1 aliphatic rings. The van der Waals surface area contributed by atoms with Gasteiger partial charge in [0.05, 0.1) is 6.34 Å². The van der Waals surface area contributed by atoms with E-state index in [0.29, 0.717) is 44.5 Å². The molecule has 9 heteroatoms. The molecule has 158 valence electrons. The van der Waals surface area contributed by atoms with Crippen molar-refractivity contribution in [3.8, 4) is 0 Å². The second-order valence-corrected chi connectivity index (χ2v) is 6.37. The smallest absolute Gasteiger partial charge is 0.390 e. The number of aliphatic imine (C=N–C) groups is 2. The number of nitrogens with zero attached hydrogens (tertiary/aromatic N) is 3. The summed E-state index contributed by atoms with van der Waals surface area (Å²) in [6.45, 7) is 5.05. The van der Waals surface area contributed by atoms with Crippen molar-refractivity contribution < 1.29 is 18.0 Å². The average Bonchev–Trinajstić information content (AvgIpc) is 2.64. The zero-order valence-corrected chi connectivity index (χ0v) is 16.6. The van der Waals surface area contributed by atoms with Crippen LogP contribution in [0.15, 0.2) is 33.5 Å². The van der Waals surface area contributed by atoms with Crippen LogP contribution in [0, 0.1) is 0 Å². The highest BCUT2D eigenvalue weighted by molar-refractivity contribution is 6.03. The maximum atomic E-state index is 13.5. The predicted octanol–water partition coefficient (Wildman–Crippen LogP) is 3.51. The Bertz CT molecular complexity index is 624. The van der Waals surface area contributed by atoms with E-state index in [4.69, 9.17) is 5.73 Å². The number of carbonyl (C=O) groups is 1. The lowest BCUT2D eigenvalue weighted by molar-refractivity contribution is -0.133. The number of carbonyl (C=O) groups excluding carboxylic acids is 1. The molecule has 6 nitrogen and oxygen atoms in total. The molecule has 0 spiro atoms. The van der Waals surface area contributed by atoms with E-state index >= 15 is 0 Å². The number of piperidine rings is 1. The summed E-state index contributed by atoms with van der Waals surface area (Å²) < 4.78 is 40.5. The molecular weight excluding hydrogens is 371 g/mol. The lowest BCUT2D eigenvalue weighted by Gasteiger charge is -2.26. The first kappa shape index (κ1) is 23.7. The molecule has 1 heterocycles. The van der Waals surface area contributed by atoms with E-state index < -0.39 is 17.6 Å². The minimum absolute atomic E-state index is 0.0883. The van der Waals surface area contributed by atoms with Crippen molar-refractivity contribution in [3.05, 3.63) is 23.5 Å². The van der Waals surface area contributed by atoms with Crippen molar-refractivity contribution in [3.63, 3.8) is 0 Å². The van der Waals surface area contributed by atoms with Gasteiger partial charge in [-0.3, -0.25) is 9.79 Å². The Morgan fingerprint density at radius 2 is 2.07 bits per heavy atom. The minimum Gasteiger partial charge on any atom is -0.390 e. The third-order valence-corrected chi connectivity index (χ3v) is 4.25. The summed E-state index contributed by atoms with van der Waals surface area (Å²) in [4.78, 5) is 21.1. The number of alkyl halides is 3. The van der Waals surface area contributed by atoms with Gasteiger partial charge in [0.1, 0.15) is 5.57 Å². The zero-order valence-electron chi connectivity index (χ0n) is 16.6. The molecule has 28 heavy (non-hydrogen) atoms. The average molecular weight is 401 g/mol. The third-order valence-electron chi connectivity index (χ3n) is 4.25. The second kappa shape index (κ2) is 12.2. The first-order valence-electron chi connectivity index (χ1n) is 9.63. The number of amidine groups is 1. The summed E-state index contributed by atoms with van der Waals surface area (Å²) in [5.74, 6) is -0.385. The fourth-order valence-corrected chi connectivity index (χ4v) is 2.80. The summed E-state index contributed by atoms with van der Waals surface area (Å²) in [5.41, 5.74) is 4.92. The Kier molecular flexibility index (Phi) is 10.3. The third kappa shape index (κ3) is 8.14. The maximum absolute atomic E-state index is 13.5. The second-order valence-electron chi connectivity index (χ2n) is 6.37. The molecule has 0 saturated carbocycles. The molecule has 3 N–H and O–H groups in total. The zero-order chi connectivity index (χ0) is 21.0. The van der Waals surface area contributed by atoms with E-state index in [9.17, 15) is 18.0 Å². The van der Waals surface area contributed by atoms with Crippen LogP contribution < -0.4 is 11.1 Å². The molecule has 0 radical (unpaired) electrons. The molecule has 1 rings (SSSR count). The molecule has 0 aliphatic carbocycles. The molecule has 0 aromatic carbocycles. The summed E-state index contributed by atoms with van der Waals surface area (Å²) in [5, 5.41) is 2.69. The lowest BCUT2D eigenvalue weighted by Crippen LogP contribution is -2.36. The van der Waals surface area contributed by atoms with E-state index in [1.54, 1.807) is 4.90 Å². The SMILES string of the molecule is CC/C=C(\CC)N/C=C(\C(N=CN)=NCCCN1CCCCC1=O)C(F)(F)F. The monoisotopic (exact) mass is 401 g/mol. The van der Waals surface area contributed by atoms with Gasteiger partial charge in [-0.15, -0.1) is 0 Å². The highest BCUT2D eigenvalue weighted by atomic mass is 19.4. The number of nitrogens with two attached hydrogens (primary N) is 1. The fraction of sp³-hybridized carbons (Fsp3) is 0.632. The first-order valence-corrected chi connectivity index (χ1v) is 9.63. The number of nitrogens with one attached hydrogen (secondary N) is 1. The highest BCUT2D eigenvalue weighted by Gasteiger charge is 2.37. The van der Waals surface area contributed by atoms with Crippen LogP contribution >= 0.6 is 0 Å². The number of rotatable bonds is 9. The van der Waals surface area contributed by atoms with E-state index in [1.165, 1.54) is 0 Å². The van der Waals surface area contributed by atoms with Gasteiger partial charge in [0.2, 0.25) is 5.91 Å². The largest absolute Gasteiger partial charge is 0.421 e. The van der Waals surface area contributed by atoms with Crippen LogP contribution in [-0.2, 0) is 4.79 Å². The van der Waals surface area contributed by atoms with Crippen LogP contribution in [0.2, 0.25) is 0 Å². The van der Waals surface area contributed by atoms with Gasteiger partial charge < -0.3 is 16.0 Å². The standard InChI is InChI=1S/C19H30F3N5O/c1-3-8-15(4-2)25-13-16(19(20,21)22)18(26-14-23)24-10-7-12-27-11-6-5-9-17(27)28/h8,13-14,25H,3-7,9-12H2,1-2H3,(H2,23,24,26)/b15-8+,16-13+. The minimum atomic E-state index is -4.63. The molecular formula is C19H30F3N5O. The molecule has 1 saturated heterocycles. The first-order chi connectivity index (χ1) is 13.3. The van der Waals surface area contributed by atoms with Gasteiger partial charge in [-0.05, 0) is 32.1 Å². The molecule has 0 unspecified atom stereocenters. The van der Waals surface area contributed by atoms with Crippen molar-refractivity contribution in [1.82, 2.24) is 10.2 Å². The van der Waals surface area contributed by atoms with Gasteiger partial charge in [-0.2, -0.15) is 13.2 Å². The van der Waals surface area contributed by atoms with Crippen molar-refractivity contribution in [2.24, 2.45) is 15.7 Å². The van der Waals surface area contributed by atoms with Crippen LogP contribution in [0.4, 0.5) is 13.2 Å². The summed E-state index contributed by atoms with van der Waals surface area (Å²) in [7, 11) is 0. The van der Waals surface area contributed by atoms with E-state index in [0.717, 1.165) is 25.4 Å². The van der Waals surface area contributed by atoms with Gasteiger partial charge in [0, 0.05) is 38.0 Å². The number of likely N-dealkylation sites (tertiary alicyclic amines) is 1. The van der Waals surface area contributed by atoms with Crippen LogP contribution in [0.3, 0.4) is 0 Å². The van der Waals surface area contributed by atoms with Crippen LogP contribution in [0.5, 0.6) is 0 Å². The number of allylic oxidation sites excluding steroid dienone is 2. The van der Waals surface area contributed by atoms with E-state index in [1.807, 2.05) is 19.9 Å². The van der Waals surface area contributed by atoms with Crippen molar-refractivity contribution in [1.29, 1.82) is 0 Å². The van der Waals surface area contributed by atoms with Crippen LogP contribution in [0.1, 0.15) is 52.4 Å². The van der Waals surface area contributed by atoms with Gasteiger partial charge >= 0.3 is 6.18 Å². The molecule has 0 aromatic rings. The topological polar surface area (TPSA) is 83.1 Å². The summed E-state index contributed by atoms with van der Waals surface area (Å²) in [6.07, 6.45) is 2.99. The number of halogens is 3. The molecule has 0 bridgehead atoms. The van der Waals surface area contributed by atoms with Crippen LogP contribution in [0.25, 0.3) is 0 Å². The predicted molar refractivity (Wildman–Crippen MR) is 106 cm³/mol. The van der Waals surface area contributed by atoms with Crippen molar-refractivity contribution in [2.75, 3.05) is 19.6 Å². The van der Waals surface area contributed by atoms with Crippen molar-refractivity contribution >= 4 is 18.1 Å². The van der Waals surface area contributed by atoms with Gasteiger partial charge in [-0.25, -0.2) is 4.99 Å². The van der Waals surface area contributed by atoms with Crippen molar-refractivity contribution in [2.45, 2.75) is 58.5 Å². The Morgan fingerprint density at radius 3 is 2.64 bits per heavy atom. The molecule has 1 amide bonds.